The largest absolute Gasteiger partial charge is 0.310 e. The SMILES string of the molecule is c1ccc(-c2ccccc2N(c2ccccc2)c2cc(N(c3ccccc3)c3ccccc3-c3ccccc3)c3sc4c5ccccc5ccc4c3c2)cc1. The predicted molar refractivity (Wildman–Crippen MR) is 237 cm³/mol. The zero-order valence-electron chi connectivity index (χ0n) is 30.1. The van der Waals surface area contributed by atoms with E-state index in [-0.39, 0.29) is 0 Å². The van der Waals surface area contributed by atoms with Gasteiger partial charge in [0, 0.05) is 43.7 Å². The molecular formula is C52H36N2S. The number of thiophene rings is 1. The Morgan fingerprint density at radius 3 is 1.40 bits per heavy atom. The van der Waals surface area contributed by atoms with Crippen molar-refractivity contribution >= 4 is 76.4 Å². The van der Waals surface area contributed by atoms with Gasteiger partial charge in [0.2, 0.25) is 0 Å². The van der Waals surface area contributed by atoms with Gasteiger partial charge in [0.25, 0.3) is 0 Å². The molecule has 2 nitrogen and oxygen atoms in total. The number of hydrogen-bond donors (Lipinski definition) is 0. The third-order valence-corrected chi connectivity index (χ3v) is 11.7. The maximum Gasteiger partial charge on any atom is 0.0661 e. The fourth-order valence-corrected chi connectivity index (χ4v) is 9.24. The van der Waals surface area contributed by atoms with Crippen molar-refractivity contribution in [1.82, 2.24) is 0 Å². The Morgan fingerprint density at radius 2 is 0.782 bits per heavy atom. The van der Waals surface area contributed by atoms with Crippen LogP contribution in [0, 0.1) is 0 Å². The van der Waals surface area contributed by atoms with Crippen LogP contribution in [0.2, 0.25) is 0 Å². The molecule has 55 heavy (non-hydrogen) atoms. The average molecular weight is 721 g/mol. The molecule has 0 aliphatic rings. The zero-order valence-corrected chi connectivity index (χ0v) is 30.9. The summed E-state index contributed by atoms with van der Waals surface area (Å²) in [5, 5.41) is 5.02. The van der Waals surface area contributed by atoms with Crippen molar-refractivity contribution in [2.75, 3.05) is 9.80 Å². The predicted octanol–water partition coefficient (Wildman–Crippen LogP) is 15.5. The van der Waals surface area contributed by atoms with E-state index in [2.05, 4.69) is 228 Å². The van der Waals surface area contributed by atoms with E-state index in [1.54, 1.807) is 0 Å². The second-order valence-corrected chi connectivity index (χ2v) is 14.7. The molecule has 0 fully saturated rings. The zero-order chi connectivity index (χ0) is 36.6. The van der Waals surface area contributed by atoms with E-state index in [9.17, 15) is 0 Å². The first-order chi connectivity index (χ1) is 27.3. The van der Waals surface area contributed by atoms with E-state index >= 15 is 0 Å². The van der Waals surface area contributed by atoms with E-state index < -0.39 is 0 Å². The Kier molecular flexibility index (Phi) is 8.40. The van der Waals surface area contributed by atoms with Gasteiger partial charge < -0.3 is 9.80 Å². The molecule has 0 saturated carbocycles. The van der Waals surface area contributed by atoms with Crippen molar-refractivity contribution in [3.8, 4) is 22.3 Å². The highest BCUT2D eigenvalue weighted by atomic mass is 32.1. The second kappa shape index (κ2) is 14.1. The molecule has 0 spiro atoms. The third kappa shape index (κ3) is 5.92. The van der Waals surface area contributed by atoms with Gasteiger partial charge in [-0.1, -0.05) is 170 Å². The summed E-state index contributed by atoms with van der Waals surface area (Å²) in [6.45, 7) is 0. The second-order valence-electron chi connectivity index (χ2n) is 13.7. The van der Waals surface area contributed by atoms with Crippen LogP contribution in [0.5, 0.6) is 0 Å². The number of benzene rings is 9. The lowest BCUT2D eigenvalue weighted by atomic mass is 10.00. The van der Waals surface area contributed by atoms with E-state index in [1.807, 2.05) is 11.3 Å². The van der Waals surface area contributed by atoms with Gasteiger partial charge in [0.05, 0.1) is 21.8 Å². The first-order valence-corrected chi connectivity index (χ1v) is 19.5. The highest BCUT2D eigenvalue weighted by molar-refractivity contribution is 7.27. The van der Waals surface area contributed by atoms with Gasteiger partial charge >= 0.3 is 0 Å². The maximum atomic E-state index is 2.47. The highest BCUT2D eigenvalue weighted by Gasteiger charge is 2.25. The van der Waals surface area contributed by atoms with Crippen LogP contribution in [-0.2, 0) is 0 Å². The van der Waals surface area contributed by atoms with E-state index in [0.29, 0.717) is 0 Å². The molecule has 0 unspecified atom stereocenters. The van der Waals surface area contributed by atoms with E-state index in [4.69, 9.17) is 0 Å². The molecule has 10 rings (SSSR count). The first-order valence-electron chi connectivity index (χ1n) is 18.7. The summed E-state index contributed by atoms with van der Waals surface area (Å²) in [6.07, 6.45) is 0. The molecule has 0 saturated heterocycles. The molecule has 260 valence electrons. The number of hydrogen-bond acceptors (Lipinski definition) is 3. The maximum absolute atomic E-state index is 2.47. The van der Waals surface area contributed by atoms with E-state index in [0.717, 1.165) is 34.1 Å². The Labute approximate surface area is 325 Å². The smallest absolute Gasteiger partial charge is 0.0661 e. The van der Waals surface area contributed by atoms with Crippen molar-refractivity contribution in [3.05, 3.63) is 218 Å². The lowest BCUT2D eigenvalue weighted by molar-refractivity contribution is 1.26. The highest BCUT2D eigenvalue weighted by Crippen LogP contribution is 2.52. The number of anilines is 6. The van der Waals surface area contributed by atoms with Crippen molar-refractivity contribution in [2.24, 2.45) is 0 Å². The molecule has 10 aromatic rings. The Bertz CT molecular complexity index is 2920. The van der Waals surface area contributed by atoms with Gasteiger partial charge in [0.1, 0.15) is 0 Å². The number of nitrogens with zero attached hydrogens (tertiary/aromatic N) is 2. The standard InChI is InChI=1S/C52H36N2S/c1-5-19-37(20-6-1)43-28-15-17-31-48(43)53(40-24-9-3-10-25-40)42-35-47-46-34-33-39-23-13-14-30-45(39)51(46)55-52(47)50(36-42)54(41-26-11-4-12-27-41)49-32-18-16-29-44(49)38-21-7-2-8-22-38/h1-36H. The minimum absolute atomic E-state index is 1.09. The topological polar surface area (TPSA) is 6.48 Å². The minimum Gasteiger partial charge on any atom is -0.310 e. The summed E-state index contributed by atoms with van der Waals surface area (Å²) < 4.78 is 2.54. The van der Waals surface area contributed by atoms with Gasteiger partial charge in [-0.05, 0) is 70.4 Å². The number of para-hydroxylation sites is 4. The lowest BCUT2D eigenvalue weighted by Crippen LogP contribution is -2.14. The Balaban J connectivity index is 1.33. The summed E-state index contributed by atoms with van der Waals surface area (Å²) >= 11 is 1.89. The molecule has 9 aromatic carbocycles. The van der Waals surface area contributed by atoms with Gasteiger partial charge in [-0.25, -0.2) is 0 Å². The van der Waals surface area contributed by atoms with Crippen LogP contribution >= 0.6 is 11.3 Å². The summed E-state index contributed by atoms with van der Waals surface area (Å²) in [5.74, 6) is 0. The van der Waals surface area contributed by atoms with Crippen LogP contribution < -0.4 is 9.80 Å². The minimum atomic E-state index is 1.09. The van der Waals surface area contributed by atoms with E-state index in [1.165, 1.54) is 53.2 Å². The van der Waals surface area contributed by atoms with Crippen LogP contribution in [-0.4, -0.2) is 0 Å². The van der Waals surface area contributed by atoms with Crippen molar-refractivity contribution in [1.29, 1.82) is 0 Å². The summed E-state index contributed by atoms with van der Waals surface area (Å²) in [4.78, 5) is 4.90. The summed E-state index contributed by atoms with van der Waals surface area (Å²) in [6, 6.07) is 78.8. The lowest BCUT2D eigenvalue weighted by Gasteiger charge is -2.32. The van der Waals surface area contributed by atoms with Crippen LogP contribution in [0.4, 0.5) is 34.1 Å². The molecule has 1 heterocycles. The summed E-state index contributed by atoms with van der Waals surface area (Å²) in [7, 11) is 0. The Hall–Kier alpha value is -6.94. The molecule has 0 aliphatic heterocycles. The molecule has 3 heteroatoms. The third-order valence-electron chi connectivity index (χ3n) is 10.4. The fourth-order valence-electron chi connectivity index (χ4n) is 7.92. The number of fused-ring (bicyclic) bond motifs is 5. The molecule has 0 bridgehead atoms. The molecule has 0 atom stereocenters. The monoisotopic (exact) mass is 720 g/mol. The molecular weight excluding hydrogens is 685 g/mol. The van der Waals surface area contributed by atoms with Gasteiger partial charge in [-0.2, -0.15) is 0 Å². The molecule has 0 N–H and O–H groups in total. The molecule has 0 amide bonds. The quantitative estimate of drug-likeness (QED) is 0.154. The van der Waals surface area contributed by atoms with Gasteiger partial charge in [0.15, 0.2) is 0 Å². The molecule has 0 aliphatic carbocycles. The molecule has 0 radical (unpaired) electrons. The normalized spacial score (nSPS) is 11.3. The average Bonchev–Trinajstić information content (AvgIpc) is 3.65. The Morgan fingerprint density at radius 1 is 0.291 bits per heavy atom. The van der Waals surface area contributed by atoms with Gasteiger partial charge in [-0.3, -0.25) is 0 Å². The van der Waals surface area contributed by atoms with Crippen LogP contribution in [0.15, 0.2) is 218 Å². The van der Waals surface area contributed by atoms with Gasteiger partial charge in [-0.15, -0.1) is 11.3 Å². The molecule has 1 aromatic heterocycles. The van der Waals surface area contributed by atoms with Crippen LogP contribution in [0.1, 0.15) is 0 Å². The van der Waals surface area contributed by atoms with Crippen molar-refractivity contribution < 1.29 is 0 Å². The fraction of sp³-hybridized carbons (Fsp3) is 0. The van der Waals surface area contributed by atoms with Crippen LogP contribution in [0.25, 0.3) is 53.2 Å². The first kappa shape index (κ1) is 32.7. The summed E-state index contributed by atoms with van der Waals surface area (Å²) in [5.41, 5.74) is 11.3. The number of rotatable bonds is 8. The van der Waals surface area contributed by atoms with Crippen molar-refractivity contribution in [3.63, 3.8) is 0 Å². The van der Waals surface area contributed by atoms with Crippen LogP contribution in [0.3, 0.4) is 0 Å². The van der Waals surface area contributed by atoms with Crippen molar-refractivity contribution in [2.45, 2.75) is 0 Å².